The fourth-order valence-electron chi connectivity index (χ4n) is 2.80. The summed E-state index contributed by atoms with van der Waals surface area (Å²) in [6.45, 7) is 0.756. The average molecular weight is 336 g/mol. The van der Waals surface area contributed by atoms with Gasteiger partial charge in [-0.15, -0.1) is 0 Å². The monoisotopic (exact) mass is 336 g/mol. The van der Waals surface area contributed by atoms with Crippen molar-refractivity contribution in [3.8, 4) is 5.75 Å². The Morgan fingerprint density at radius 3 is 2.60 bits per heavy atom. The van der Waals surface area contributed by atoms with E-state index in [2.05, 4.69) is 5.32 Å². The predicted molar refractivity (Wildman–Crippen MR) is 98.7 cm³/mol. The average Bonchev–Trinajstić information content (AvgIpc) is 3.07. The van der Waals surface area contributed by atoms with Crippen molar-refractivity contribution in [2.45, 2.75) is 12.8 Å². The molecule has 3 rings (SSSR count). The van der Waals surface area contributed by atoms with Gasteiger partial charge in [-0.2, -0.15) is 0 Å². The largest absolute Gasteiger partial charge is 0.496 e. The van der Waals surface area contributed by atoms with E-state index in [0.717, 1.165) is 24.2 Å². The number of nitrogens with one attached hydrogen (secondary N) is 1. The third-order valence-corrected chi connectivity index (χ3v) is 4.07. The van der Waals surface area contributed by atoms with Gasteiger partial charge in [-0.1, -0.05) is 18.2 Å². The molecule has 0 aromatic heterocycles. The molecule has 1 heterocycles. The van der Waals surface area contributed by atoms with Crippen molar-refractivity contribution in [3.05, 3.63) is 60.2 Å². The van der Waals surface area contributed by atoms with E-state index < -0.39 is 0 Å². The number of rotatable bonds is 5. The molecule has 1 saturated heterocycles. The van der Waals surface area contributed by atoms with Gasteiger partial charge >= 0.3 is 0 Å². The zero-order chi connectivity index (χ0) is 17.6. The van der Waals surface area contributed by atoms with E-state index in [4.69, 9.17) is 4.74 Å². The fourth-order valence-corrected chi connectivity index (χ4v) is 2.80. The number of para-hydroxylation sites is 1. The smallest absolute Gasteiger partial charge is 0.248 e. The number of methoxy groups -OCH3 is 1. The number of carbonyl (C=O) groups is 2. The molecule has 0 radical (unpaired) electrons. The quantitative estimate of drug-likeness (QED) is 0.851. The number of benzene rings is 2. The minimum absolute atomic E-state index is 0.150. The number of amides is 2. The normalized spacial score (nSPS) is 14.1. The first-order valence-corrected chi connectivity index (χ1v) is 8.20. The van der Waals surface area contributed by atoms with Gasteiger partial charge in [0.15, 0.2) is 0 Å². The Morgan fingerprint density at radius 2 is 1.92 bits per heavy atom. The van der Waals surface area contributed by atoms with Crippen molar-refractivity contribution < 1.29 is 14.3 Å². The molecule has 0 unspecified atom stereocenters. The van der Waals surface area contributed by atoms with Crippen LogP contribution in [0.15, 0.2) is 54.6 Å². The molecule has 0 aliphatic carbocycles. The minimum atomic E-state index is -0.226. The van der Waals surface area contributed by atoms with Crippen molar-refractivity contribution in [1.29, 1.82) is 0 Å². The Kier molecular flexibility index (Phi) is 5.14. The molecule has 0 bridgehead atoms. The maximum Gasteiger partial charge on any atom is 0.248 e. The summed E-state index contributed by atoms with van der Waals surface area (Å²) in [6, 6.07) is 14.8. The van der Waals surface area contributed by atoms with E-state index in [-0.39, 0.29) is 11.8 Å². The second kappa shape index (κ2) is 7.66. The first kappa shape index (κ1) is 16.8. The topological polar surface area (TPSA) is 58.6 Å². The van der Waals surface area contributed by atoms with Crippen LogP contribution in [0.3, 0.4) is 0 Å². The molecule has 2 aromatic carbocycles. The molecule has 1 fully saturated rings. The maximum atomic E-state index is 12.1. The SMILES string of the molecule is COc1ccccc1/C=C/C(=O)Nc1ccc(N2CCCC2=O)cc1. The molecule has 0 spiro atoms. The van der Waals surface area contributed by atoms with Crippen LogP contribution in [-0.2, 0) is 9.59 Å². The summed E-state index contributed by atoms with van der Waals surface area (Å²) < 4.78 is 5.25. The van der Waals surface area contributed by atoms with Crippen LogP contribution in [0.25, 0.3) is 6.08 Å². The number of carbonyl (C=O) groups excluding carboxylic acids is 2. The highest BCUT2D eigenvalue weighted by molar-refractivity contribution is 6.02. The van der Waals surface area contributed by atoms with Gasteiger partial charge in [-0.25, -0.2) is 0 Å². The summed E-state index contributed by atoms with van der Waals surface area (Å²) in [5.74, 6) is 0.638. The second-order valence-electron chi connectivity index (χ2n) is 5.76. The summed E-state index contributed by atoms with van der Waals surface area (Å²) in [4.78, 5) is 25.6. The van der Waals surface area contributed by atoms with Crippen molar-refractivity contribution >= 4 is 29.3 Å². The third kappa shape index (κ3) is 4.07. The molecular formula is C20H20N2O3. The first-order chi connectivity index (χ1) is 12.2. The summed E-state index contributed by atoms with van der Waals surface area (Å²) in [5, 5.41) is 2.81. The summed E-state index contributed by atoms with van der Waals surface area (Å²) >= 11 is 0. The van der Waals surface area contributed by atoms with Crippen molar-refractivity contribution in [2.75, 3.05) is 23.9 Å². The number of hydrogen-bond donors (Lipinski definition) is 1. The van der Waals surface area contributed by atoms with Gasteiger partial charge in [0.2, 0.25) is 11.8 Å². The van der Waals surface area contributed by atoms with Crippen molar-refractivity contribution in [3.63, 3.8) is 0 Å². The Hall–Kier alpha value is -3.08. The molecule has 2 aromatic rings. The molecule has 2 amide bonds. The second-order valence-corrected chi connectivity index (χ2v) is 5.76. The number of anilines is 2. The molecule has 25 heavy (non-hydrogen) atoms. The van der Waals surface area contributed by atoms with Gasteiger partial charge in [0.25, 0.3) is 0 Å². The predicted octanol–water partition coefficient (Wildman–Crippen LogP) is 3.47. The van der Waals surface area contributed by atoms with E-state index in [1.54, 1.807) is 30.2 Å². The maximum absolute atomic E-state index is 12.1. The Balaban J connectivity index is 1.63. The number of ether oxygens (including phenoxy) is 1. The number of hydrogen-bond acceptors (Lipinski definition) is 3. The van der Waals surface area contributed by atoms with Crippen LogP contribution in [-0.4, -0.2) is 25.5 Å². The molecule has 1 N–H and O–H groups in total. The molecule has 5 nitrogen and oxygen atoms in total. The van der Waals surface area contributed by atoms with Gasteiger partial charge in [-0.05, 0) is 42.8 Å². The van der Waals surface area contributed by atoms with E-state index in [0.29, 0.717) is 17.9 Å². The Morgan fingerprint density at radius 1 is 1.16 bits per heavy atom. The van der Waals surface area contributed by atoms with Gasteiger partial charge in [0.05, 0.1) is 7.11 Å². The van der Waals surface area contributed by atoms with Crippen LogP contribution < -0.4 is 15.0 Å². The highest BCUT2D eigenvalue weighted by atomic mass is 16.5. The van der Waals surface area contributed by atoms with Crippen molar-refractivity contribution in [1.82, 2.24) is 0 Å². The highest BCUT2D eigenvalue weighted by Crippen LogP contribution is 2.23. The fraction of sp³-hybridized carbons (Fsp3) is 0.200. The lowest BCUT2D eigenvalue weighted by Gasteiger charge is -2.15. The van der Waals surface area contributed by atoms with Gasteiger partial charge in [0.1, 0.15) is 5.75 Å². The molecule has 128 valence electrons. The van der Waals surface area contributed by atoms with Crippen LogP contribution in [0.1, 0.15) is 18.4 Å². The molecule has 1 aliphatic rings. The Bertz CT molecular complexity index is 797. The molecule has 1 aliphatic heterocycles. The van der Waals surface area contributed by atoms with Gasteiger partial charge in [-0.3, -0.25) is 9.59 Å². The van der Waals surface area contributed by atoms with Crippen LogP contribution in [0.5, 0.6) is 5.75 Å². The van der Waals surface area contributed by atoms with E-state index in [1.165, 1.54) is 6.08 Å². The van der Waals surface area contributed by atoms with Crippen LogP contribution >= 0.6 is 0 Å². The Labute approximate surface area is 146 Å². The van der Waals surface area contributed by atoms with Crippen molar-refractivity contribution in [2.24, 2.45) is 0 Å². The third-order valence-electron chi connectivity index (χ3n) is 4.07. The zero-order valence-electron chi connectivity index (χ0n) is 14.1. The highest BCUT2D eigenvalue weighted by Gasteiger charge is 2.21. The van der Waals surface area contributed by atoms with Crippen LogP contribution in [0.4, 0.5) is 11.4 Å². The van der Waals surface area contributed by atoms with Crippen LogP contribution in [0, 0.1) is 0 Å². The summed E-state index contributed by atoms with van der Waals surface area (Å²) in [6.07, 6.45) is 4.68. The molecule has 5 heteroatoms. The lowest BCUT2D eigenvalue weighted by atomic mass is 10.2. The van der Waals surface area contributed by atoms with Gasteiger partial charge < -0.3 is 15.0 Å². The number of nitrogens with zero attached hydrogens (tertiary/aromatic N) is 1. The first-order valence-electron chi connectivity index (χ1n) is 8.20. The van der Waals surface area contributed by atoms with E-state index in [9.17, 15) is 9.59 Å². The van der Waals surface area contributed by atoms with Crippen LogP contribution in [0.2, 0.25) is 0 Å². The minimum Gasteiger partial charge on any atom is -0.496 e. The lowest BCUT2D eigenvalue weighted by molar-refractivity contribution is -0.117. The molecule has 0 saturated carbocycles. The standard InChI is InChI=1S/C20H20N2O3/c1-25-18-6-3-2-5-15(18)8-13-19(23)21-16-9-11-17(12-10-16)22-14-4-7-20(22)24/h2-3,5-6,8-13H,4,7,14H2,1H3,(H,21,23)/b13-8+. The summed E-state index contributed by atoms with van der Waals surface area (Å²) in [5.41, 5.74) is 2.39. The zero-order valence-corrected chi connectivity index (χ0v) is 14.1. The van der Waals surface area contributed by atoms with E-state index in [1.807, 2.05) is 36.4 Å². The summed E-state index contributed by atoms with van der Waals surface area (Å²) in [7, 11) is 1.60. The van der Waals surface area contributed by atoms with E-state index >= 15 is 0 Å². The molecule has 0 atom stereocenters. The van der Waals surface area contributed by atoms with Gasteiger partial charge in [0, 0.05) is 36.0 Å². The lowest BCUT2D eigenvalue weighted by Crippen LogP contribution is -2.23. The molecular weight excluding hydrogens is 316 g/mol.